The Balaban J connectivity index is 1.54. The Bertz CT molecular complexity index is 4500. The van der Waals surface area contributed by atoms with E-state index in [-0.39, 0.29) is 131 Å². The number of hydrogen-bond donors (Lipinski definition) is 6. The lowest BCUT2D eigenvalue weighted by atomic mass is 9.91. The van der Waals surface area contributed by atoms with Gasteiger partial charge in [-0.25, -0.2) is 9.59 Å². The number of fused-ring (bicyclic) bond motifs is 1. The number of cyclic esters (lactones) is 2. The first-order chi connectivity index (χ1) is 59.0. The summed E-state index contributed by atoms with van der Waals surface area (Å²) in [6, 6.07) is 6.59. The Labute approximate surface area is 745 Å². The second-order valence-electron chi connectivity index (χ2n) is 37.9. The second kappa shape index (κ2) is 47.7. The molecule has 2 aliphatic rings. The van der Waals surface area contributed by atoms with Crippen molar-refractivity contribution < 1.29 is 76.6 Å². The van der Waals surface area contributed by atoms with Crippen LogP contribution >= 0.6 is 0 Å². The first kappa shape index (κ1) is 104. The Kier molecular flexibility index (Phi) is 39.3. The highest BCUT2D eigenvalue weighted by atomic mass is 16.6. The number of nitriles is 1. The third-order valence-corrected chi connectivity index (χ3v) is 23.6. The van der Waals surface area contributed by atoms with E-state index in [4.69, 9.17) is 14.5 Å². The molecule has 2 aromatic heterocycles. The van der Waals surface area contributed by atoms with Crippen molar-refractivity contribution in [2.24, 2.45) is 47.3 Å². The Hall–Kier alpha value is -10.8. The van der Waals surface area contributed by atoms with E-state index in [0.29, 0.717) is 27.7 Å². The predicted molar refractivity (Wildman–Crippen MR) is 480 cm³/mol. The van der Waals surface area contributed by atoms with Gasteiger partial charge >= 0.3 is 11.9 Å². The maximum atomic E-state index is 16.0. The van der Waals surface area contributed by atoms with Crippen molar-refractivity contribution in [3.05, 3.63) is 101 Å². The summed E-state index contributed by atoms with van der Waals surface area (Å²) in [5.74, 6) is -12.6. The lowest BCUT2D eigenvalue weighted by Gasteiger charge is -2.35. The molecule has 2 fully saturated rings. The highest BCUT2D eigenvalue weighted by Gasteiger charge is 2.45. The lowest BCUT2D eigenvalue weighted by Crippen LogP contribution is -2.60. The number of nitrogens with one attached hydrogen (secondary N) is 6. The fraction of sp³-hybridized carbons (Fsp3) is 0.642. The molecule has 0 radical (unpaired) electrons. The molecule has 2 aromatic carbocycles. The number of benzene rings is 2. The normalized spacial score (nSPS) is 24.8. The number of hydrogen-bond acceptors (Lipinski definition) is 18. The molecule has 6 N–H and O–H groups in total. The smallest absolute Gasteiger partial charge is 0.329 e. The molecule has 0 aliphatic carbocycles. The molecule has 15 atom stereocenters. The van der Waals surface area contributed by atoms with E-state index in [1.807, 2.05) is 182 Å². The fourth-order valence-corrected chi connectivity index (χ4v) is 16.4. The van der Waals surface area contributed by atoms with Crippen molar-refractivity contribution in [2.45, 2.75) is 306 Å². The van der Waals surface area contributed by atoms with Crippen molar-refractivity contribution >= 4 is 93.7 Å². The van der Waals surface area contributed by atoms with Crippen molar-refractivity contribution in [3.8, 4) is 6.07 Å². The number of aromatic nitrogens is 2. The van der Waals surface area contributed by atoms with Gasteiger partial charge in [-0.05, 0) is 162 Å². The molecule has 12 amide bonds. The van der Waals surface area contributed by atoms with E-state index < -0.39 is 173 Å². The highest BCUT2D eigenvalue weighted by Crippen LogP contribution is 2.32. The summed E-state index contributed by atoms with van der Waals surface area (Å²) in [6.07, 6.45) is -1.29. The van der Waals surface area contributed by atoms with Gasteiger partial charge in [0.15, 0.2) is 12.2 Å². The zero-order chi connectivity index (χ0) is 94.3. The number of nitrogens with zero attached hydrogens (tertiary/aromatic N) is 9. The SMILES string of the molecule is Cc1cccc(Cn2cc(C[C@H]3C(=O)N[C@@H](CC(C)C)C(=O)N(C)[C@@H](C)C(=O)O[C@H](CCC#N)C(=O)N[C@@H](CC(C)C)C(=O)N(C)[C@@H](CC(C)C)C(=O)N[C@@H](CC(C)C)C(=O)N3C)c3cccc(CC(C)C[C@@H]4NC(=O)[C@@H](C)OC(=O)[C@H](C)N(C)C(=O)[C@H](CC(C)C)NC(=O)[C@H](Cc5ccccc5)N(C)C(=O)[C@H](CC(C)C)NC(=O)[C@H](CC(C)C)N(C)C4=O)c32)n1. The molecule has 4 heterocycles. The molecule has 0 spiro atoms. The van der Waals surface area contributed by atoms with Crippen LogP contribution < -0.4 is 31.9 Å². The third kappa shape index (κ3) is 29.1. The number of rotatable bonds is 26. The topological polar surface area (TPSA) is 391 Å². The molecule has 31 heteroatoms. The van der Waals surface area contributed by atoms with E-state index in [1.165, 1.54) is 82.7 Å². The van der Waals surface area contributed by atoms with Gasteiger partial charge in [0.25, 0.3) is 11.8 Å². The predicted octanol–water partition coefficient (Wildman–Crippen LogP) is 8.15. The molecule has 0 saturated carbocycles. The summed E-state index contributed by atoms with van der Waals surface area (Å²) in [4.78, 5) is 224. The van der Waals surface area contributed by atoms with Gasteiger partial charge in [0.1, 0.15) is 72.5 Å². The molecule has 0 bridgehead atoms. The van der Waals surface area contributed by atoms with Crippen LogP contribution in [0, 0.1) is 65.6 Å². The molecule has 2 aliphatic heterocycles. The molecule has 31 nitrogen and oxygen atoms in total. The Morgan fingerprint density at radius 2 is 0.762 bits per heavy atom. The van der Waals surface area contributed by atoms with Gasteiger partial charge in [-0.15, -0.1) is 0 Å². The summed E-state index contributed by atoms with van der Waals surface area (Å²) in [5.41, 5.74) is 3.98. The highest BCUT2D eigenvalue weighted by molar-refractivity contribution is 6.01. The van der Waals surface area contributed by atoms with Gasteiger partial charge in [0, 0.05) is 85.2 Å². The third-order valence-electron chi connectivity index (χ3n) is 23.6. The molecule has 694 valence electrons. The van der Waals surface area contributed by atoms with Crippen LogP contribution in [0.25, 0.3) is 10.9 Å². The molecule has 1 unspecified atom stereocenters. The first-order valence-electron chi connectivity index (χ1n) is 44.8. The summed E-state index contributed by atoms with van der Waals surface area (Å²) in [5, 5.41) is 27.9. The zero-order valence-electron chi connectivity index (χ0n) is 79.1. The van der Waals surface area contributed by atoms with Crippen LogP contribution in [0.2, 0.25) is 0 Å². The minimum atomic E-state index is -1.60. The van der Waals surface area contributed by atoms with Crippen molar-refractivity contribution in [3.63, 3.8) is 0 Å². The van der Waals surface area contributed by atoms with Crippen LogP contribution in [0.4, 0.5) is 0 Å². The average Bonchev–Trinajstić information content (AvgIpc) is 1.62. The largest absolute Gasteiger partial charge is 0.451 e. The Morgan fingerprint density at radius 1 is 0.397 bits per heavy atom. The number of pyridine rings is 1. The second-order valence-corrected chi connectivity index (χ2v) is 37.9. The van der Waals surface area contributed by atoms with Crippen molar-refractivity contribution in [1.82, 2.24) is 70.9 Å². The quantitative estimate of drug-likeness (QED) is 0.0323. The summed E-state index contributed by atoms with van der Waals surface area (Å²) in [6.45, 7) is 34.2. The number of carbonyl (C=O) groups is 14. The van der Waals surface area contributed by atoms with E-state index in [0.717, 1.165) is 21.1 Å². The van der Waals surface area contributed by atoms with Crippen LogP contribution in [0.1, 0.15) is 217 Å². The van der Waals surface area contributed by atoms with Gasteiger partial charge in [-0.1, -0.05) is 158 Å². The van der Waals surface area contributed by atoms with Crippen LogP contribution in [0.15, 0.2) is 72.9 Å². The van der Waals surface area contributed by atoms with Gasteiger partial charge in [0.2, 0.25) is 59.1 Å². The summed E-state index contributed by atoms with van der Waals surface area (Å²) >= 11 is 0. The number of esters is 2. The zero-order valence-corrected chi connectivity index (χ0v) is 79.1. The minimum absolute atomic E-state index is 0.0150. The maximum absolute atomic E-state index is 16.0. The number of amides is 12. The molecule has 6 rings (SSSR count). The number of para-hydroxylation sites is 1. The number of carbonyl (C=O) groups excluding carboxylic acids is 14. The molecule has 2 saturated heterocycles. The fourth-order valence-electron chi connectivity index (χ4n) is 16.4. The number of likely N-dealkylation sites (N-methyl/N-ethyl adjacent to an activating group) is 6. The average molecular weight is 1750 g/mol. The van der Waals surface area contributed by atoms with Gasteiger partial charge < -0.3 is 75.3 Å². The molecular formula is C95H143N15O16. The van der Waals surface area contributed by atoms with Gasteiger partial charge in [0.05, 0.1) is 23.8 Å². The van der Waals surface area contributed by atoms with E-state index in [9.17, 15) is 38.8 Å². The Morgan fingerprint density at radius 3 is 1.17 bits per heavy atom. The van der Waals surface area contributed by atoms with Crippen LogP contribution in [0.5, 0.6) is 0 Å². The molecule has 4 aromatic rings. The number of ether oxygens (including phenoxy) is 2. The number of aryl methyl sites for hydroxylation is 1. The maximum Gasteiger partial charge on any atom is 0.329 e. The first-order valence-corrected chi connectivity index (χ1v) is 44.8. The van der Waals surface area contributed by atoms with E-state index in [2.05, 4.69) is 31.9 Å². The monoisotopic (exact) mass is 1750 g/mol. The van der Waals surface area contributed by atoms with E-state index in [1.54, 1.807) is 12.1 Å². The molecule has 126 heavy (non-hydrogen) atoms. The standard InChI is InChI=1S/C95H143N15O16/c1-53(2)40-70-88(117)104(20)62(17)94(123)125-64(19)82(111)98-75(93(122)107(23)77(46-59(13)14)84(113)101-72(42-55(5)6)90(119)108(24)78(85(114)99-70)49-65-33-27-26-28-34-65)48-60(15)47-66-35-30-37-69-67(51-110(81(66)69)52-68-36-29-32-61(16)97-68)50-79-86(115)100-71(41-54(3)4)89(118)105(21)63(18)95(124)126-80(38-31-39-96)87(116)103-74(44-57(9)10)92(121)106(22)76(45-58(11)12)83(112)102-73(43-56(7)8)91(120)109(79)25/h26-30,32-37,51,53-60,62-64,70-80H,31,38,40-50,52H2,1-25H3,(H,98,111)(H,99,114)(H,100,115)(H,101,113)(H,102,112)(H,103,116)/t60?,62-,63-,64+,70-,71-,72-,73-,74-,75-,76-,77-,78-,79-,80+/m0/s1. The van der Waals surface area contributed by atoms with Gasteiger partial charge in [-0.2, -0.15) is 5.26 Å². The van der Waals surface area contributed by atoms with Crippen LogP contribution in [-0.4, -0.2) is 249 Å². The van der Waals surface area contributed by atoms with Crippen LogP contribution in [-0.2, 0) is 102 Å². The van der Waals surface area contributed by atoms with E-state index >= 15 is 33.6 Å². The lowest BCUT2D eigenvalue weighted by molar-refractivity contribution is -0.163. The van der Waals surface area contributed by atoms with Gasteiger partial charge in [-0.3, -0.25) is 62.5 Å². The van der Waals surface area contributed by atoms with Crippen molar-refractivity contribution in [2.75, 3.05) is 42.3 Å². The summed E-state index contributed by atoms with van der Waals surface area (Å²) < 4.78 is 13.7. The molecular weight excluding hydrogens is 1610 g/mol. The summed E-state index contributed by atoms with van der Waals surface area (Å²) in [7, 11) is 8.56. The van der Waals surface area contributed by atoms with Crippen molar-refractivity contribution in [1.29, 1.82) is 5.26 Å². The van der Waals surface area contributed by atoms with Crippen LogP contribution in [0.3, 0.4) is 0 Å². The minimum Gasteiger partial charge on any atom is -0.451 e.